The number of ketones is 1. The summed E-state index contributed by atoms with van der Waals surface area (Å²) in [5, 5.41) is 10.9. The fourth-order valence-electron chi connectivity index (χ4n) is 1.59. The number of methoxy groups -OCH3 is 1. The van der Waals surface area contributed by atoms with Crippen molar-refractivity contribution in [3.63, 3.8) is 0 Å². The third kappa shape index (κ3) is 5.02. The first kappa shape index (κ1) is 17.0. The summed E-state index contributed by atoms with van der Waals surface area (Å²) < 4.78 is 8.84. The Hall–Kier alpha value is -1.99. The lowest BCUT2D eigenvalue weighted by Gasteiger charge is -2.16. The largest absolute Gasteiger partial charge is 0.463 e. The van der Waals surface area contributed by atoms with E-state index in [1.165, 1.54) is 6.92 Å². The third-order valence-corrected chi connectivity index (χ3v) is 2.59. The molecule has 0 aromatic rings. The van der Waals surface area contributed by atoms with Crippen LogP contribution in [0.3, 0.4) is 0 Å². The summed E-state index contributed by atoms with van der Waals surface area (Å²) in [6, 6.07) is -1.65. The summed E-state index contributed by atoms with van der Waals surface area (Å²) >= 11 is 0. The molecule has 1 unspecified atom stereocenters. The molecule has 2 atom stereocenters. The van der Waals surface area contributed by atoms with E-state index >= 15 is 0 Å². The van der Waals surface area contributed by atoms with Gasteiger partial charge in [0.2, 0.25) is 5.78 Å². The minimum atomic E-state index is -1.65. The fourth-order valence-corrected chi connectivity index (χ4v) is 1.59. The summed E-state index contributed by atoms with van der Waals surface area (Å²) in [6.45, 7) is 3.12. The molecule has 0 saturated carbocycles. The zero-order valence-electron chi connectivity index (χ0n) is 11.1. The van der Waals surface area contributed by atoms with Crippen LogP contribution in [0, 0.1) is 16.0 Å². The minimum absolute atomic E-state index is 0.00452. The molecule has 19 heavy (non-hydrogen) atoms. The quantitative estimate of drug-likeness (QED) is 0.272. The highest BCUT2D eigenvalue weighted by atomic mass is 16.6. The molecule has 0 aliphatic carbocycles. The number of Topliss-reactive ketones (excluding diaryl/α,β-unsaturated/α-hetero) is 1. The van der Waals surface area contributed by atoms with Crippen LogP contribution >= 0.6 is 0 Å². The Balaban J connectivity index is 4.95. The van der Waals surface area contributed by atoms with E-state index in [2.05, 4.69) is 9.47 Å². The number of nitro groups is 1. The van der Waals surface area contributed by atoms with Gasteiger partial charge in [-0.05, 0) is 13.3 Å². The lowest BCUT2D eigenvalue weighted by Crippen LogP contribution is -2.40. The smallest absolute Gasteiger partial charge is 0.381 e. The van der Waals surface area contributed by atoms with Crippen molar-refractivity contribution in [1.29, 1.82) is 0 Å². The van der Waals surface area contributed by atoms with Gasteiger partial charge in [-0.2, -0.15) is 0 Å². The van der Waals surface area contributed by atoms with Crippen molar-refractivity contribution in [1.82, 2.24) is 0 Å². The fraction of sp³-hybridized carbons (Fsp3) is 0.727. The van der Waals surface area contributed by atoms with Crippen molar-refractivity contribution in [3.8, 4) is 0 Å². The number of esters is 2. The Bertz CT molecular complexity index is 366. The van der Waals surface area contributed by atoms with Gasteiger partial charge in [-0.3, -0.25) is 14.9 Å². The first-order chi connectivity index (χ1) is 8.88. The Morgan fingerprint density at radius 2 is 1.84 bits per heavy atom. The van der Waals surface area contributed by atoms with Crippen LogP contribution < -0.4 is 0 Å². The summed E-state index contributed by atoms with van der Waals surface area (Å²) in [4.78, 5) is 44.0. The summed E-state index contributed by atoms with van der Waals surface area (Å²) in [7, 11) is 1.04. The van der Waals surface area contributed by atoms with Gasteiger partial charge < -0.3 is 9.47 Å². The van der Waals surface area contributed by atoms with Gasteiger partial charge >= 0.3 is 18.0 Å². The van der Waals surface area contributed by atoms with Gasteiger partial charge in [-0.1, -0.05) is 6.92 Å². The van der Waals surface area contributed by atoms with Crippen LogP contribution in [-0.4, -0.2) is 42.4 Å². The molecule has 0 bridgehead atoms. The SMILES string of the molecule is CCOC(=O)C([C@@H](CC)CC(=O)C(=O)OC)[N+](=O)[O-]. The maximum Gasteiger partial charge on any atom is 0.381 e. The molecule has 0 N–H and O–H groups in total. The predicted molar refractivity (Wildman–Crippen MR) is 62.8 cm³/mol. The van der Waals surface area contributed by atoms with Crippen molar-refractivity contribution in [2.75, 3.05) is 13.7 Å². The molecule has 0 aromatic heterocycles. The molecule has 0 aliphatic rings. The second kappa shape index (κ2) is 8.17. The molecule has 0 saturated heterocycles. The monoisotopic (exact) mass is 275 g/mol. The number of nitrogens with zero attached hydrogens (tertiary/aromatic N) is 1. The Kier molecular flexibility index (Phi) is 7.32. The van der Waals surface area contributed by atoms with Crippen molar-refractivity contribution < 1.29 is 28.8 Å². The van der Waals surface area contributed by atoms with Gasteiger partial charge in [0.25, 0.3) is 0 Å². The van der Waals surface area contributed by atoms with E-state index in [9.17, 15) is 24.5 Å². The van der Waals surface area contributed by atoms with Crippen LogP contribution in [0.25, 0.3) is 0 Å². The van der Waals surface area contributed by atoms with Crippen LogP contribution in [-0.2, 0) is 23.9 Å². The van der Waals surface area contributed by atoms with Gasteiger partial charge in [0.1, 0.15) is 0 Å². The van der Waals surface area contributed by atoms with E-state index < -0.39 is 41.0 Å². The zero-order chi connectivity index (χ0) is 15.0. The molecule has 8 nitrogen and oxygen atoms in total. The average molecular weight is 275 g/mol. The highest BCUT2D eigenvalue weighted by Gasteiger charge is 2.41. The number of rotatable bonds is 8. The molecule has 108 valence electrons. The summed E-state index contributed by atoms with van der Waals surface area (Å²) in [5.74, 6) is -3.88. The first-order valence-electron chi connectivity index (χ1n) is 5.80. The van der Waals surface area contributed by atoms with E-state index in [-0.39, 0.29) is 13.0 Å². The Morgan fingerprint density at radius 1 is 1.26 bits per heavy atom. The molecule has 0 aromatic carbocycles. The Labute approximate surface area is 110 Å². The van der Waals surface area contributed by atoms with Crippen LogP contribution in [0.5, 0.6) is 0 Å². The lowest BCUT2D eigenvalue weighted by atomic mass is 9.91. The number of carbonyl (C=O) groups is 3. The van der Waals surface area contributed by atoms with Crippen molar-refractivity contribution in [2.24, 2.45) is 5.92 Å². The molecule has 0 spiro atoms. The van der Waals surface area contributed by atoms with Gasteiger partial charge in [-0.25, -0.2) is 9.59 Å². The second-order valence-corrected chi connectivity index (χ2v) is 3.77. The van der Waals surface area contributed by atoms with Gasteiger partial charge in [-0.15, -0.1) is 0 Å². The topological polar surface area (TPSA) is 113 Å². The molecule has 0 rings (SSSR count). The standard InChI is InChI=1S/C11H17NO7/c1-4-7(6-8(13)10(14)18-3)9(12(16)17)11(15)19-5-2/h7,9H,4-6H2,1-3H3/t7-,9?/m0/s1. The molecule has 0 fully saturated rings. The molecule has 0 amide bonds. The van der Waals surface area contributed by atoms with E-state index in [1.807, 2.05) is 0 Å². The molecule has 0 radical (unpaired) electrons. The molecular weight excluding hydrogens is 258 g/mol. The number of carbonyl (C=O) groups excluding carboxylic acids is 3. The van der Waals surface area contributed by atoms with Crippen molar-refractivity contribution in [2.45, 2.75) is 32.7 Å². The third-order valence-electron chi connectivity index (χ3n) is 2.59. The van der Waals surface area contributed by atoms with E-state index in [0.717, 1.165) is 7.11 Å². The Morgan fingerprint density at radius 3 is 2.21 bits per heavy atom. The maximum absolute atomic E-state index is 11.5. The maximum atomic E-state index is 11.5. The highest BCUT2D eigenvalue weighted by molar-refractivity contribution is 6.33. The lowest BCUT2D eigenvalue weighted by molar-refractivity contribution is -0.519. The van der Waals surface area contributed by atoms with E-state index in [0.29, 0.717) is 0 Å². The average Bonchev–Trinajstić information content (AvgIpc) is 2.36. The van der Waals surface area contributed by atoms with Gasteiger partial charge in [0.05, 0.1) is 13.7 Å². The van der Waals surface area contributed by atoms with Crippen molar-refractivity contribution >= 4 is 17.7 Å². The van der Waals surface area contributed by atoms with E-state index in [4.69, 9.17) is 0 Å². The minimum Gasteiger partial charge on any atom is -0.463 e. The molecule has 0 heterocycles. The molecule has 0 aliphatic heterocycles. The van der Waals surface area contributed by atoms with Crippen LogP contribution in [0.15, 0.2) is 0 Å². The zero-order valence-corrected chi connectivity index (χ0v) is 11.1. The first-order valence-corrected chi connectivity index (χ1v) is 5.80. The number of hydrogen-bond acceptors (Lipinski definition) is 7. The summed E-state index contributed by atoms with van der Waals surface area (Å²) in [5.41, 5.74) is 0. The van der Waals surface area contributed by atoms with Gasteiger partial charge in [0, 0.05) is 17.3 Å². The van der Waals surface area contributed by atoms with Gasteiger partial charge in [0.15, 0.2) is 0 Å². The summed E-state index contributed by atoms with van der Waals surface area (Å²) in [6.07, 6.45) is -0.235. The number of ether oxygens (including phenoxy) is 2. The van der Waals surface area contributed by atoms with Crippen LogP contribution in [0.4, 0.5) is 0 Å². The highest BCUT2D eigenvalue weighted by Crippen LogP contribution is 2.18. The van der Waals surface area contributed by atoms with Crippen LogP contribution in [0.2, 0.25) is 0 Å². The number of hydrogen-bond donors (Lipinski definition) is 0. The normalized spacial score (nSPS) is 13.2. The predicted octanol–water partition coefficient (Wildman–Crippen LogP) is 0.353. The molecule has 8 heteroatoms. The second-order valence-electron chi connectivity index (χ2n) is 3.77. The molecular formula is C11H17NO7. The van der Waals surface area contributed by atoms with Crippen molar-refractivity contribution in [3.05, 3.63) is 10.1 Å². The van der Waals surface area contributed by atoms with E-state index in [1.54, 1.807) is 6.92 Å². The van der Waals surface area contributed by atoms with Crippen LogP contribution in [0.1, 0.15) is 26.7 Å².